The highest BCUT2D eigenvalue weighted by molar-refractivity contribution is 9.10. The number of aliphatic hydroxyl groups is 1. The lowest BCUT2D eigenvalue weighted by Gasteiger charge is -2.09. The molecule has 0 bridgehead atoms. The van der Waals surface area contributed by atoms with Gasteiger partial charge < -0.3 is 5.11 Å². The van der Waals surface area contributed by atoms with Gasteiger partial charge in [-0.15, -0.1) is 11.3 Å². The van der Waals surface area contributed by atoms with Crippen molar-refractivity contribution in [3.8, 4) is 0 Å². The number of thiazole rings is 1. The second kappa shape index (κ2) is 5.08. The molecule has 2 rings (SSSR count). The zero-order valence-corrected chi connectivity index (χ0v) is 11.3. The molecule has 0 amide bonds. The summed E-state index contributed by atoms with van der Waals surface area (Å²) in [5, 5.41) is 13.1. The third-order valence-corrected chi connectivity index (χ3v) is 3.67. The number of nitrogens with zero attached hydrogens (tertiary/aromatic N) is 1. The lowest BCUT2D eigenvalue weighted by molar-refractivity contribution is 0.177. The smallest absolute Gasteiger partial charge is 0.0897 e. The molecule has 1 atom stereocenters. The Morgan fingerprint density at radius 2 is 2.06 bits per heavy atom. The maximum atomic E-state index is 10.0. The van der Waals surface area contributed by atoms with Crippen molar-refractivity contribution in [3.05, 3.63) is 50.4 Å². The maximum Gasteiger partial charge on any atom is 0.0897 e. The van der Waals surface area contributed by atoms with Crippen molar-refractivity contribution in [1.82, 2.24) is 4.98 Å². The molecule has 1 N–H and O–H groups in total. The first kappa shape index (κ1) is 11.8. The summed E-state index contributed by atoms with van der Waals surface area (Å²) in [7, 11) is 0. The van der Waals surface area contributed by atoms with E-state index < -0.39 is 6.10 Å². The highest BCUT2D eigenvalue weighted by Crippen LogP contribution is 2.21. The molecule has 2 aromatic rings. The summed E-state index contributed by atoms with van der Waals surface area (Å²) in [5.74, 6) is 0. The predicted molar refractivity (Wildman–Crippen MR) is 69.7 cm³/mol. The van der Waals surface area contributed by atoms with Crippen molar-refractivity contribution >= 4 is 27.3 Å². The fourth-order valence-electron chi connectivity index (χ4n) is 1.50. The van der Waals surface area contributed by atoms with Crippen LogP contribution in [0.2, 0.25) is 0 Å². The molecule has 1 unspecified atom stereocenters. The first-order chi connectivity index (χ1) is 7.65. The van der Waals surface area contributed by atoms with Crippen molar-refractivity contribution in [2.24, 2.45) is 0 Å². The van der Waals surface area contributed by atoms with Crippen LogP contribution < -0.4 is 0 Å². The molecular formula is C12H12BrNOS. The monoisotopic (exact) mass is 297 g/mol. The Kier molecular flexibility index (Phi) is 3.74. The van der Waals surface area contributed by atoms with E-state index in [9.17, 15) is 5.11 Å². The Bertz CT molecular complexity index is 466. The number of hydrogen-bond acceptors (Lipinski definition) is 3. The van der Waals surface area contributed by atoms with Gasteiger partial charge in [0.05, 0.1) is 16.8 Å². The number of aryl methyl sites for hydroxylation is 1. The van der Waals surface area contributed by atoms with Gasteiger partial charge in [0.25, 0.3) is 0 Å². The van der Waals surface area contributed by atoms with Gasteiger partial charge in [-0.1, -0.05) is 28.1 Å². The fourth-order valence-corrected chi connectivity index (χ4v) is 2.39. The van der Waals surface area contributed by atoms with Crippen LogP contribution in [0.25, 0.3) is 0 Å². The number of aromatic nitrogens is 1. The Balaban J connectivity index is 2.08. The Morgan fingerprint density at radius 1 is 1.38 bits per heavy atom. The molecule has 4 heteroatoms. The van der Waals surface area contributed by atoms with Crippen LogP contribution in [-0.4, -0.2) is 10.1 Å². The normalized spacial score (nSPS) is 12.7. The minimum Gasteiger partial charge on any atom is -0.388 e. The van der Waals surface area contributed by atoms with Gasteiger partial charge in [-0.05, 0) is 24.6 Å². The second-order valence-electron chi connectivity index (χ2n) is 3.63. The SMILES string of the molecule is Cc1nc(CC(O)c2ccc(Br)cc2)cs1. The summed E-state index contributed by atoms with van der Waals surface area (Å²) in [5.41, 5.74) is 1.88. The lowest BCUT2D eigenvalue weighted by Crippen LogP contribution is -2.01. The van der Waals surface area contributed by atoms with Gasteiger partial charge in [0.15, 0.2) is 0 Å². The first-order valence-electron chi connectivity index (χ1n) is 4.99. The van der Waals surface area contributed by atoms with Crippen LogP contribution in [0.5, 0.6) is 0 Å². The van der Waals surface area contributed by atoms with Gasteiger partial charge in [0.2, 0.25) is 0 Å². The van der Waals surface area contributed by atoms with Gasteiger partial charge in [-0.3, -0.25) is 0 Å². The topological polar surface area (TPSA) is 33.1 Å². The number of halogens is 1. The molecule has 0 radical (unpaired) electrons. The number of hydrogen-bond donors (Lipinski definition) is 1. The third-order valence-electron chi connectivity index (χ3n) is 2.32. The fraction of sp³-hybridized carbons (Fsp3) is 0.250. The molecule has 0 aliphatic carbocycles. The minimum atomic E-state index is -0.477. The lowest BCUT2D eigenvalue weighted by atomic mass is 10.1. The van der Waals surface area contributed by atoms with Gasteiger partial charge in [-0.2, -0.15) is 0 Å². The zero-order valence-electron chi connectivity index (χ0n) is 8.85. The quantitative estimate of drug-likeness (QED) is 0.941. The molecule has 1 aromatic carbocycles. The largest absolute Gasteiger partial charge is 0.388 e. The minimum absolute atomic E-state index is 0.477. The molecule has 16 heavy (non-hydrogen) atoms. The summed E-state index contributed by atoms with van der Waals surface area (Å²) in [4.78, 5) is 4.34. The average molecular weight is 298 g/mol. The average Bonchev–Trinajstić information content (AvgIpc) is 2.65. The summed E-state index contributed by atoms with van der Waals surface area (Å²) in [6.07, 6.45) is 0.0981. The van der Waals surface area contributed by atoms with E-state index in [-0.39, 0.29) is 0 Å². The Labute approximate surface area is 107 Å². The first-order valence-corrected chi connectivity index (χ1v) is 6.67. The standard InChI is InChI=1S/C12H12BrNOS/c1-8-14-11(7-16-8)6-12(15)9-2-4-10(13)5-3-9/h2-5,7,12,15H,6H2,1H3. The molecule has 0 aliphatic rings. The van der Waals surface area contributed by atoms with Crippen molar-refractivity contribution in [2.45, 2.75) is 19.4 Å². The molecular weight excluding hydrogens is 286 g/mol. The van der Waals surface area contributed by atoms with E-state index in [0.717, 1.165) is 20.7 Å². The molecule has 0 fully saturated rings. The Hall–Kier alpha value is -0.710. The van der Waals surface area contributed by atoms with E-state index in [1.807, 2.05) is 36.6 Å². The summed E-state index contributed by atoms with van der Waals surface area (Å²) >= 11 is 4.99. The molecule has 84 valence electrons. The summed E-state index contributed by atoms with van der Waals surface area (Å²) in [6.45, 7) is 1.97. The van der Waals surface area contributed by atoms with E-state index >= 15 is 0 Å². The van der Waals surface area contributed by atoms with E-state index in [1.165, 1.54) is 0 Å². The zero-order chi connectivity index (χ0) is 11.5. The highest BCUT2D eigenvalue weighted by atomic mass is 79.9. The van der Waals surface area contributed by atoms with Crippen LogP contribution in [0, 0.1) is 6.92 Å². The van der Waals surface area contributed by atoms with Gasteiger partial charge in [0, 0.05) is 16.3 Å². The van der Waals surface area contributed by atoms with E-state index in [4.69, 9.17) is 0 Å². The van der Waals surface area contributed by atoms with Crippen molar-refractivity contribution < 1.29 is 5.11 Å². The summed E-state index contributed by atoms with van der Waals surface area (Å²) < 4.78 is 1.02. The van der Waals surface area contributed by atoms with E-state index in [0.29, 0.717) is 6.42 Å². The van der Waals surface area contributed by atoms with Crippen LogP contribution in [0.4, 0.5) is 0 Å². The highest BCUT2D eigenvalue weighted by Gasteiger charge is 2.10. The van der Waals surface area contributed by atoms with E-state index in [2.05, 4.69) is 20.9 Å². The predicted octanol–water partition coefficient (Wildman–Crippen LogP) is 3.49. The van der Waals surface area contributed by atoms with Crippen molar-refractivity contribution in [3.63, 3.8) is 0 Å². The van der Waals surface area contributed by atoms with Gasteiger partial charge in [0.1, 0.15) is 0 Å². The molecule has 0 spiro atoms. The second-order valence-corrected chi connectivity index (χ2v) is 5.61. The van der Waals surface area contributed by atoms with Crippen LogP contribution in [0.1, 0.15) is 22.4 Å². The van der Waals surface area contributed by atoms with E-state index in [1.54, 1.807) is 11.3 Å². The molecule has 0 aliphatic heterocycles. The Morgan fingerprint density at radius 3 is 2.62 bits per heavy atom. The van der Waals surface area contributed by atoms with Gasteiger partial charge in [-0.25, -0.2) is 4.98 Å². The third kappa shape index (κ3) is 2.90. The molecule has 0 saturated carbocycles. The number of rotatable bonds is 3. The maximum absolute atomic E-state index is 10.0. The molecule has 1 heterocycles. The van der Waals surface area contributed by atoms with Crippen LogP contribution in [0.3, 0.4) is 0 Å². The number of benzene rings is 1. The summed E-state index contributed by atoms with van der Waals surface area (Å²) in [6, 6.07) is 7.72. The van der Waals surface area contributed by atoms with Crippen molar-refractivity contribution in [2.75, 3.05) is 0 Å². The van der Waals surface area contributed by atoms with Crippen molar-refractivity contribution in [1.29, 1.82) is 0 Å². The molecule has 2 nitrogen and oxygen atoms in total. The van der Waals surface area contributed by atoms with Crippen LogP contribution in [-0.2, 0) is 6.42 Å². The number of aliphatic hydroxyl groups excluding tert-OH is 1. The van der Waals surface area contributed by atoms with Crippen LogP contribution >= 0.6 is 27.3 Å². The molecule has 1 aromatic heterocycles. The van der Waals surface area contributed by atoms with Crippen LogP contribution in [0.15, 0.2) is 34.1 Å². The molecule has 0 saturated heterocycles. The van der Waals surface area contributed by atoms with Gasteiger partial charge >= 0.3 is 0 Å².